The lowest BCUT2D eigenvalue weighted by atomic mass is 10.1. The lowest BCUT2D eigenvalue weighted by molar-refractivity contribution is 0.0207. The van der Waals surface area contributed by atoms with E-state index in [-0.39, 0.29) is 18.1 Å². The lowest BCUT2D eigenvalue weighted by Crippen LogP contribution is -2.43. The topological polar surface area (TPSA) is 93.9 Å². The highest BCUT2D eigenvalue weighted by molar-refractivity contribution is 5.75. The van der Waals surface area contributed by atoms with Crippen molar-refractivity contribution in [2.75, 3.05) is 13.1 Å². The van der Waals surface area contributed by atoms with Crippen molar-refractivity contribution in [3.05, 3.63) is 0 Å². The first-order valence-corrected chi connectivity index (χ1v) is 6.84. The van der Waals surface area contributed by atoms with Gasteiger partial charge in [-0.15, -0.1) is 0 Å². The van der Waals surface area contributed by atoms with E-state index in [1.165, 1.54) is 0 Å². The second kappa shape index (κ2) is 7.86. The first-order chi connectivity index (χ1) is 8.78. The Labute approximate surface area is 116 Å². The summed E-state index contributed by atoms with van der Waals surface area (Å²) in [4.78, 5) is 17.6. The van der Waals surface area contributed by atoms with Gasteiger partial charge in [-0.3, -0.25) is 4.99 Å². The van der Waals surface area contributed by atoms with Crippen molar-refractivity contribution in [3.63, 3.8) is 0 Å². The smallest absolute Gasteiger partial charge is 0.410 e. The van der Waals surface area contributed by atoms with Crippen LogP contribution in [0.5, 0.6) is 0 Å². The molecule has 1 rings (SSSR count). The number of amides is 1. The Morgan fingerprint density at radius 3 is 2.05 bits per heavy atom. The van der Waals surface area contributed by atoms with Crippen LogP contribution in [0.3, 0.4) is 0 Å². The van der Waals surface area contributed by atoms with Gasteiger partial charge in [0.05, 0.1) is 6.04 Å². The van der Waals surface area contributed by atoms with Gasteiger partial charge in [-0.2, -0.15) is 0 Å². The first kappa shape index (κ1) is 17.5. The molecule has 19 heavy (non-hydrogen) atoms. The molecule has 0 radical (unpaired) electrons. The highest BCUT2D eigenvalue weighted by atomic mass is 16.6. The molecule has 0 aromatic rings. The molecular weight excluding hydrogens is 244 g/mol. The highest BCUT2D eigenvalue weighted by Gasteiger charge is 2.26. The van der Waals surface area contributed by atoms with E-state index in [0.29, 0.717) is 13.1 Å². The Morgan fingerprint density at radius 1 is 1.21 bits per heavy atom. The minimum atomic E-state index is -0.451. The lowest BCUT2D eigenvalue weighted by Gasteiger charge is -2.32. The van der Waals surface area contributed by atoms with Crippen LogP contribution in [0.25, 0.3) is 0 Å². The molecule has 6 heteroatoms. The van der Waals surface area contributed by atoms with Gasteiger partial charge in [-0.1, -0.05) is 13.8 Å². The van der Waals surface area contributed by atoms with Crippen LogP contribution in [0.15, 0.2) is 4.99 Å². The molecule has 1 saturated heterocycles. The Bertz CT molecular complexity index is 298. The zero-order chi connectivity index (χ0) is 15.1. The predicted molar refractivity (Wildman–Crippen MR) is 78.0 cm³/mol. The molecule has 1 fully saturated rings. The summed E-state index contributed by atoms with van der Waals surface area (Å²) in [5.41, 5.74) is 10.2. The van der Waals surface area contributed by atoms with Gasteiger partial charge in [-0.05, 0) is 33.6 Å². The van der Waals surface area contributed by atoms with Gasteiger partial charge in [0.2, 0.25) is 0 Å². The molecular formula is C13H28N4O2. The van der Waals surface area contributed by atoms with Gasteiger partial charge in [0, 0.05) is 13.1 Å². The number of piperidine rings is 1. The number of hydrogen-bond acceptors (Lipinski definition) is 3. The van der Waals surface area contributed by atoms with Crippen molar-refractivity contribution in [2.45, 2.75) is 59.1 Å². The van der Waals surface area contributed by atoms with Crippen molar-refractivity contribution in [1.29, 1.82) is 0 Å². The van der Waals surface area contributed by atoms with Crippen LogP contribution in [-0.2, 0) is 4.74 Å². The first-order valence-electron chi connectivity index (χ1n) is 6.84. The largest absolute Gasteiger partial charge is 0.444 e. The molecule has 0 aliphatic carbocycles. The van der Waals surface area contributed by atoms with E-state index in [9.17, 15) is 4.79 Å². The maximum atomic E-state index is 11.8. The fourth-order valence-electron chi connectivity index (χ4n) is 1.71. The molecule has 0 bridgehead atoms. The van der Waals surface area contributed by atoms with Crippen molar-refractivity contribution in [1.82, 2.24) is 4.90 Å². The number of rotatable bonds is 1. The van der Waals surface area contributed by atoms with Gasteiger partial charge in [0.1, 0.15) is 5.60 Å². The molecule has 0 aromatic heterocycles. The SMILES string of the molecule is CC.CC(C)(C)OC(=O)N1CCC(N=C(N)N)CC1. The molecule has 1 aliphatic heterocycles. The number of nitrogens with zero attached hydrogens (tertiary/aromatic N) is 2. The summed E-state index contributed by atoms with van der Waals surface area (Å²) in [7, 11) is 0. The normalized spacial score (nSPS) is 16.2. The number of ether oxygens (including phenoxy) is 1. The van der Waals surface area contributed by atoms with E-state index in [0.717, 1.165) is 12.8 Å². The van der Waals surface area contributed by atoms with E-state index in [1.807, 2.05) is 34.6 Å². The monoisotopic (exact) mass is 272 g/mol. The predicted octanol–water partition coefficient (Wildman–Crippen LogP) is 1.69. The molecule has 1 aliphatic rings. The van der Waals surface area contributed by atoms with Crippen LogP contribution in [0.2, 0.25) is 0 Å². The zero-order valence-corrected chi connectivity index (χ0v) is 12.8. The molecule has 1 amide bonds. The van der Waals surface area contributed by atoms with Gasteiger partial charge in [-0.25, -0.2) is 4.79 Å². The zero-order valence-electron chi connectivity index (χ0n) is 12.8. The summed E-state index contributed by atoms with van der Waals surface area (Å²) >= 11 is 0. The number of nitrogens with two attached hydrogens (primary N) is 2. The van der Waals surface area contributed by atoms with Crippen LogP contribution in [0.4, 0.5) is 4.79 Å². The minimum Gasteiger partial charge on any atom is -0.444 e. The summed E-state index contributed by atoms with van der Waals surface area (Å²) in [6, 6.07) is 0.124. The number of carbonyl (C=O) groups excluding carboxylic acids is 1. The second-order valence-electron chi connectivity index (χ2n) is 5.25. The van der Waals surface area contributed by atoms with Crippen LogP contribution >= 0.6 is 0 Å². The fraction of sp³-hybridized carbons (Fsp3) is 0.846. The number of likely N-dealkylation sites (tertiary alicyclic amines) is 1. The summed E-state index contributed by atoms with van der Waals surface area (Å²) < 4.78 is 5.30. The van der Waals surface area contributed by atoms with Crippen molar-refractivity contribution >= 4 is 12.1 Å². The maximum absolute atomic E-state index is 11.8. The third kappa shape index (κ3) is 7.54. The number of guanidine groups is 1. The second-order valence-corrected chi connectivity index (χ2v) is 5.25. The number of aliphatic imine (C=N–C) groups is 1. The number of hydrogen-bond donors (Lipinski definition) is 2. The number of carbonyl (C=O) groups is 1. The van der Waals surface area contributed by atoms with Crippen molar-refractivity contribution in [2.24, 2.45) is 16.5 Å². The van der Waals surface area contributed by atoms with Crippen LogP contribution < -0.4 is 11.5 Å². The molecule has 0 saturated carbocycles. The van der Waals surface area contributed by atoms with Crippen LogP contribution in [0.1, 0.15) is 47.5 Å². The summed E-state index contributed by atoms with van der Waals surface area (Å²) in [5.74, 6) is 0.112. The fourth-order valence-corrected chi connectivity index (χ4v) is 1.71. The molecule has 0 atom stereocenters. The van der Waals surface area contributed by atoms with Crippen LogP contribution in [0, 0.1) is 0 Å². The molecule has 112 valence electrons. The molecule has 1 heterocycles. The van der Waals surface area contributed by atoms with E-state index in [1.54, 1.807) is 4.90 Å². The van der Waals surface area contributed by atoms with E-state index < -0.39 is 5.60 Å². The highest BCUT2D eigenvalue weighted by Crippen LogP contribution is 2.16. The Hall–Kier alpha value is -1.46. The van der Waals surface area contributed by atoms with Gasteiger partial charge in [0.25, 0.3) is 0 Å². The molecule has 6 nitrogen and oxygen atoms in total. The summed E-state index contributed by atoms with van der Waals surface area (Å²) in [6.45, 7) is 10.8. The molecule has 0 unspecified atom stereocenters. The van der Waals surface area contributed by atoms with Gasteiger partial charge >= 0.3 is 6.09 Å². The molecule has 0 aromatic carbocycles. The van der Waals surface area contributed by atoms with E-state index in [4.69, 9.17) is 16.2 Å². The molecule has 0 spiro atoms. The molecule has 4 N–H and O–H groups in total. The third-order valence-electron chi connectivity index (χ3n) is 2.45. The van der Waals surface area contributed by atoms with Crippen molar-refractivity contribution < 1.29 is 9.53 Å². The minimum absolute atomic E-state index is 0.112. The average Bonchev–Trinajstić information content (AvgIpc) is 2.29. The average molecular weight is 272 g/mol. The summed E-state index contributed by atoms with van der Waals surface area (Å²) in [6.07, 6.45) is 1.29. The van der Waals surface area contributed by atoms with Crippen molar-refractivity contribution in [3.8, 4) is 0 Å². The van der Waals surface area contributed by atoms with Gasteiger partial charge < -0.3 is 21.1 Å². The third-order valence-corrected chi connectivity index (χ3v) is 2.45. The van der Waals surface area contributed by atoms with Crippen LogP contribution in [-0.4, -0.2) is 41.7 Å². The van der Waals surface area contributed by atoms with E-state index in [2.05, 4.69) is 4.99 Å². The Morgan fingerprint density at radius 2 is 1.68 bits per heavy atom. The Balaban J connectivity index is 0.00000154. The standard InChI is InChI=1S/C11H22N4O2.C2H6/c1-11(2,3)17-10(16)15-6-4-8(5-7-15)14-9(12)13;1-2/h8H,4-7H2,1-3H3,(H4,12,13,14);1-2H3. The Kier molecular flexibility index (Phi) is 7.26. The quantitative estimate of drug-likeness (QED) is 0.561. The maximum Gasteiger partial charge on any atom is 0.410 e. The summed E-state index contributed by atoms with van der Waals surface area (Å²) in [5, 5.41) is 0. The van der Waals surface area contributed by atoms with Gasteiger partial charge in [0.15, 0.2) is 5.96 Å². The van der Waals surface area contributed by atoms with E-state index >= 15 is 0 Å².